The lowest BCUT2D eigenvalue weighted by molar-refractivity contribution is -0.129. The van der Waals surface area contributed by atoms with Crippen LogP contribution >= 0.6 is 0 Å². The molecule has 1 saturated heterocycles. The van der Waals surface area contributed by atoms with Gasteiger partial charge in [-0.2, -0.15) is 0 Å². The van der Waals surface area contributed by atoms with Crippen LogP contribution in [-0.4, -0.2) is 58.1 Å². The number of rotatable bonds is 5. The van der Waals surface area contributed by atoms with Gasteiger partial charge in [0, 0.05) is 26.1 Å². The number of ether oxygens (including phenoxy) is 1. The van der Waals surface area contributed by atoms with E-state index in [0.29, 0.717) is 17.4 Å². The van der Waals surface area contributed by atoms with E-state index in [9.17, 15) is 14.4 Å². The van der Waals surface area contributed by atoms with Gasteiger partial charge in [-0.3, -0.25) is 34.7 Å². The summed E-state index contributed by atoms with van der Waals surface area (Å²) in [7, 11) is 0. The molecule has 28 heavy (non-hydrogen) atoms. The number of carbonyl (C=O) groups excluding carboxylic acids is 2. The second kappa shape index (κ2) is 8.94. The highest BCUT2D eigenvalue weighted by Crippen LogP contribution is 2.10. The van der Waals surface area contributed by atoms with Crippen LogP contribution in [0.4, 0.5) is 0 Å². The lowest BCUT2D eigenvalue weighted by Crippen LogP contribution is -2.48. The first-order chi connectivity index (χ1) is 13.4. The van der Waals surface area contributed by atoms with Gasteiger partial charge in [0.25, 0.3) is 11.5 Å². The number of morpholine rings is 1. The summed E-state index contributed by atoms with van der Waals surface area (Å²) in [5.41, 5.74) is 5.00. The number of benzene rings is 1. The van der Waals surface area contributed by atoms with Crippen molar-refractivity contribution in [3.63, 3.8) is 0 Å². The first kappa shape index (κ1) is 20.0. The summed E-state index contributed by atoms with van der Waals surface area (Å²) in [6, 6.07) is 6.93. The second-order valence-electron chi connectivity index (χ2n) is 7.06. The van der Waals surface area contributed by atoms with Crippen molar-refractivity contribution < 1.29 is 14.3 Å². The van der Waals surface area contributed by atoms with E-state index in [1.807, 2.05) is 13.8 Å². The van der Waals surface area contributed by atoms with Gasteiger partial charge in [0.15, 0.2) is 0 Å². The molecule has 2 atom stereocenters. The molecule has 3 rings (SSSR count). The van der Waals surface area contributed by atoms with E-state index >= 15 is 0 Å². The number of nitrogens with one attached hydrogen (secondary N) is 2. The van der Waals surface area contributed by atoms with Crippen molar-refractivity contribution in [1.29, 1.82) is 0 Å². The van der Waals surface area contributed by atoms with Crippen LogP contribution in [0.2, 0.25) is 0 Å². The summed E-state index contributed by atoms with van der Waals surface area (Å²) in [6.07, 6.45) is 1.87. The Kier molecular flexibility index (Phi) is 6.37. The Balaban J connectivity index is 1.46. The van der Waals surface area contributed by atoms with Crippen LogP contribution in [0.1, 0.15) is 20.3 Å². The Labute approximate surface area is 162 Å². The fraction of sp³-hybridized carbons (Fsp3) is 0.474. The molecule has 9 heteroatoms. The summed E-state index contributed by atoms with van der Waals surface area (Å²) in [6.45, 7) is 5.94. The number of para-hydroxylation sites is 1. The summed E-state index contributed by atoms with van der Waals surface area (Å²) in [5.74, 6) is -0.787. The van der Waals surface area contributed by atoms with E-state index in [-0.39, 0.29) is 36.6 Å². The topological polar surface area (TPSA) is 106 Å². The van der Waals surface area contributed by atoms with Crippen molar-refractivity contribution in [3.8, 4) is 0 Å². The first-order valence-corrected chi connectivity index (χ1v) is 9.32. The van der Waals surface area contributed by atoms with Gasteiger partial charge in [0.1, 0.15) is 6.54 Å². The SMILES string of the molecule is C[C@H]1CN(CCC(=O)NNC(=O)Cn2cnc3ccccc3c2=O)C[C@H](C)O1. The molecule has 0 saturated carbocycles. The molecule has 150 valence electrons. The summed E-state index contributed by atoms with van der Waals surface area (Å²) in [4.78, 5) is 42.7. The van der Waals surface area contributed by atoms with E-state index in [2.05, 4.69) is 20.7 Å². The second-order valence-corrected chi connectivity index (χ2v) is 7.06. The van der Waals surface area contributed by atoms with Crippen LogP contribution in [0.25, 0.3) is 10.9 Å². The molecule has 1 aliphatic heterocycles. The minimum Gasteiger partial charge on any atom is -0.373 e. The summed E-state index contributed by atoms with van der Waals surface area (Å²) < 4.78 is 6.87. The number of amides is 2. The molecule has 2 N–H and O–H groups in total. The molecular weight excluding hydrogens is 362 g/mol. The molecule has 0 bridgehead atoms. The summed E-state index contributed by atoms with van der Waals surface area (Å²) in [5, 5.41) is 0.441. The number of hydrazine groups is 1. The normalized spacial score (nSPS) is 20.1. The Morgan fingerprint density at radius 1 is 1.14 bits per heavy atom. The van der Waals surface area contributed by atoms with Gasteiger partial charge in [-0.15, -0.1) is 0 Å². The Hall–Kier alpha value is -2.78. The zero-order valence-electron chi connectivity index (χ0n) is 16.1. The maximum atomic E-state index is 12.4. The van der Waals surface area contributed by atoms with E-state index < -0.39 is 5.91 Å². The van der Waals surface area contributed by atoms with Gasteiger partial charge in [0.2, 0.25) is 5.91 Å². The molecule has 9 nitrogen and oxygen atoms in total. The first-order valence-electron chi connectivity index (χ1n) is 9.32. The van der Waals surface area contributed by atoms with Crippen molar-refractivity contribution in [2.75, 3.05) is 19.6 Å². The van der Waals surface area contributed by atoms with Crippen LogP contribution in [-0.2, 0) is 20.9 Å². The predicted octanol–water partition coefficient (Wildman–Crippen LogP) is 0.0432. The minimum absolute atomic E-state index is 0.139. The van der Waals surface area contributed by atoms with Crippen molar-refractivity contribution in [2.45, 2.75) is 39.0 Å². The van der Waals surface area contributed by atoms with Gasteiger partial charge in [-0.25, -0.2) is 4.98 Å². The highest BCUT2D eigenvalue weighted by Gasteiger charge is 2.22. The lowest BCUT2D eigenvalue weighted by Gasteiger charge is -2.35. The molecule has 0 unspecified atom stereocenters. The molecule has 2 heterocycles. The van der Waals surface area contributed by atoms with Crippen molar-refractivity contribution in [3.05, 3.63) is 40.9 Å². The maximum absolute atomic E-state index is 12.4. The molecule has 0 spiro atoms. The van der Waals surface area contributed by atoms with Crippen molar-refractivity contribution in [2.24, 2.45) is 0 Å². The monoisotopic (exact) mass is 387 g/mol. The van der Waals surface area contributed by atoms with E-state index in [4.69, 9.17) is 4.74 Å². The number of hydrogen-bond acceptors (Lipinski definition) is 6. The standard InChI is InChI=1S/C19H25N5O4/c1-13-9-23(10-14(2)28-13)8-7-17(25)21-22-18(26)11-24-12-20-16-6-4-3-5-15(16)19(24)27/h3-6,12-14H,7-11H2,1-2H3,(H,21,25)(H,22,26)/t13-,14-/m0/s1. The van der Waals surface area contributed by atoms with Crippen LogP contribution in [0.5, 0.6) is 0 Å². The number of hydrogen-bond donors (Lipinski definition) is 2. The highest BCUT2D eigenvalue weighted by molar-refractivity contribution is 5.82. The molecule has 1 fully saturated rings. The van der Waals surface area contributed by atoms with Crippen LogP contribution in [0, 0.1) is 0 Å². The van der Waals surface area contributed by atoms with Gasteiger partial charge < -0.3 is 4.74 Å². The molecule has 2 aromatic rings. The van der Waals surface area contributed by atoms with Gasteiger partial charge >= 0.3 is 0 Å². The van der Waals surface area contributed by atoms with Crippen LogP contribution < -0.4 is 16.4 Å². The Morgan fingerprint density at radius 2 is 1.82 bits per heavy atom. The predicted molar refractivity (Wildman–Crippen MR) is 103 cm³/mol. The van der Waals surface area contributed by atoms with Gasteiger partial charge in [-0.1, -0.05) is 12.1 Å². The third-order valence-electron chi connectivity index (χ3n) is 4.54. The number of nitrogens with zero attached hydrogens (tertiary/aromatic N) is 3. The highest BCUT2D eigenvalue weighted by atomic mass is 16.5. The third-order valence-corrected chi connectivity index (χ3v) is 4.54. The van der Waals surface area contributed by atoms with Crippen molar-refractivity contribution >= 4 is 22.7 Å². The minimum atomic E-state index is -0.499. The molecule has 1 aliphatic rings. The number of carbonyl (C=O) groups is 2. The quantitative estimate of drug-likeness (QED) is 0.702. The van der Waals surface area contributed by atoms with Crippen LogP contribution in [0.15, 0.2) is 35.4 Å². The fourth-order valence-corrected chi connectivity index (χ4v) is 3.34. The van der Waals surface area contributed by atoms with E-state index in [0.717, 1.165) is 13.1 Å². The molecule has 0 aliphatic carbocycles. The maximum Gasteiger partial charge on any atom is 0.261 e. The van der Waals surface area contributed by atoms with Gasteiger partial charge in [0.05, 0.1) is 29.4 Å². The molecule has 2 amide bonds. The van der Waals surface area contributed by atoms with E-state index in [1.54, 1.807) is 24.3 Å². The average molecular weight is 387 g/mol. The third kappa shape index (κ3) is 5.14. The number of aromatic nitrogens is 2. The Bertz CT molecular complexity index is 903. The average Bonchev–Trinajstić information content (AvgIpc) is 2.66. The van der Waals surface area contributed by atoms with Crippen LogP contribution in [0.3, 0.4) is 0 Å². The van der Waals surface area contributed by atoms with Crippen molar-refractivity contribution in [1.82, 2.24) is 25.3 Å². The fourth-order valence-electron chi connectivity index (χ4n) is 3.34. The number of fused-ring (bicyclic) bond motifs is 1. The Morgan fingerprint density at radius 3 is 2.57 bits per heavy atom. The molecule has 0 radical (unpaired) electrons. The van der Waals surface area contributed by atoms with Gasteiger partial charge in [-0.05, 0) is 26.0 Å². The smallest absolute Gasteiger partial charge is 0.261 e. The largest absolute Gasteiger partial charge is 0.373 e. The van der Waals surface area contributed by atoms with E-state index in [1.165, 1.54) is 10.9 Å². The molecule has 1 aromatic heterocycles. The zero-order chi connectivity index (χ0) is 20.1. The molecular formula is C19H25N5O4. The lowest BCUT2D eigenvalue weighted by atomic mass is 10.2. The summed E-state index contributed by atoms with van der Waals surface area (Å²) >= 11 is 0. The zero-order valence-corrected chi connectivity index (χ0v) is 16.1. The molecule has 1 aromatic carbocycles.